The molecule has 1 aliphatic rings. The van der Waals surface area contributed by atoms with Gasteiger partial charge in [0, 0.05) is 6.54 Å². The van der Waals surface area contributed by atoms with Gasteiger partial charge in [-0.25, -0.2) is 4.99 Å². The van der Waals surface area contributed by atoms with Gasteiger partial charge in [0.25, 0.3) is 0 Å². The second kappa shape index (κ2) is 8.24. The zero-order valence-electron chi connectivity index (χ0n) is 13.9. The fourth-order valence-electron chi connectivity index (χ4n) is 2.47. The van der Waals surface area contributed by atoms with Crippen LogP contribution >= 0.6 is 0 Å². The summed E-state index contributed by atoms with van der Waals surface area (Å²) in [5, 5.41) is 6.58. The summed E-state index contributed by atoms with van der Waals surface area (Å²) in [6, 6.07) is 17.9. The van der Waals surface area contributed by atoms with Crippen LogP contribution in [-0.2, 0) is 6.54 Å². The minimum Gasteiger partial charge on any atom is -0.486 e. The number of para-hydroxylation sites is 2. The molecule has 2 aromatic carbocycles. The molecule has 2 N–H and O–H groups in total. The summed E-state index contributed by atoms with van der Waals surface area (Å²) in [6.07, 6.45) is -0.0412. The SMILES string of the molecule is CCNC(=NCc1ccccc1)NCC1COc2ccccc2O1. The molecule has 3 rings (SSSR count). The van der Waals surface area contributed by atoms with Crippen molar-refractivity contribution in [3.05, 3.63) is 60.2 Å². The van der Waals surface area contributed by atoms with E-state index in [0.717, 1.165) is 24.0 Å². The lowest BCUT2D eigenvalue weighted by Crippen LogP contribution is -2.45. The number of aliphatic imine (C=N–C) groups is 1. The van der Waals surface area contributed by atoms with Crippen LogP contribution in [0.25, 0.3) is 0 Å². The van der Waals surface area contributed by atoms with Crippen LogP contribution in [0.3, 0.4) is 0 Å². The number of hydrogen-bond donors (Lipinski definition) is 2. The lowest BCUT2D eigenvalue weighted by atomic mass is 10.2. The number of nitrogens with zero attached hydrogens (tertiary/aromatic N) is 1. The Kier molecular flexibility index (Phi) is 5.56. The lowest BCUT2D eigenvalue weighted by molar-refractivity contribution is 0.0936. The number of nitrogens with one attached hydrogen (secondary N) is 2. The fourth-order valence-corrected chi connectivity index (χ4v) is 2.47. The summed E-state index contributed by atoms with van der Waals surface area (Å²) >= 11 is 0. The molecule has 0 spiro atoms. The first-order chi connectivity index (χ1) is 11.8. The molecule has 1 unspecified atom stereocenters. The van der Waals surface area contributed by atoms with E-state index in [9.17, 15) is 0 Å². The van der Waals surface area contributed by atoms with Gasteiger partial charge in [-0.2, -0.15) is 0 Å². The monoisotopic (exact) mass is 325 g/mol. The number of rotatable bonds is 5. The molecule has 0 amide bonds. The molecule has 0 fully saturated rings. The van der Waals surface area contributed by atoms with Crippen molar-refractivity contribution in [2.75, 3.05) is 19.7 Å². The summed E-state index contributed by atoms with van der Waals surface area (Å²) in [4.78, 5) is 4.61. The van der Waals surface area contributed by atoms with Crippen LogP contribution in [0, 0.1) is 0 Å². The Bertz CT molecular complexity index is 673. The molecule has 1 atom stereocenters. The molecule has 0 saturated carbocycles. The Hall–Kier alpha value is -2.69. The van der Waals surface area contributed by atoms with Crippen LogP contribution in [-0.4, -0.2) is 31.8 Å². The molecule has 0 bridgehead atoms. The minimum atomic E-state index is -0.0412. The molecule has 0 aromatic heterocycles. The van der Waals surface area contributed by atoms with Crippen LogP contribution in [0.15, 0.2) is 59.6 Å². The summed E-state index contributed by atoms with van der Waals surface area (Å²) in [6.45, 7) is 4.67. The van der Waals surface area contributed by atoms with Crippen LogP contribution in [0.2, 0.25) is 0 Å². The van der Waals surface area contributed by atoms with E-state index in [4.69, 9.17) is 9.47 Å². The number of hydrogen-bond acceptors (Lipinski definition) is 3. The molecule has 1 heterocycles. The van der Waals surface area contributed by atoms with E-state index in [1.165, 1.54) is 5.56 Å². The highest BCUT2D eigenvalue weighted by Gasteiger charge is 2.20. The van der Waals surface area contributed by atoms with E-state index in [1.807, 2.05) is 42.5 Å². The highest BCUT2D eigenvalue weighted by molar-refractivity contribution is 5.79. The molecular formula is C19H23N3O2. The normalized spacial score (nSPS) is 16.5. The predicted octanol–water partition coefficient (Wildman–Crippen LogP) is 2.58. The van der Waals surface area contributed by atoms with Crippen molar-refractivity contribution in [1.82, 2.24) is 10.6 Å². The Morgan fingerprint density at radius 1 is 1.04 bits per heavy atom. The van der Waals surface area contributed by atoms with Crippen LogP contribution in [0.1, 0.15) is 12.5 Å². The van der Waals surface area contributed by atoms with E-state index < -0.39 is 0 Å². The van der Waals surface area contributed by atoms with E-state index in [1.54, 1.807) is 0 Å². The summed E-state index contributed by atoms with van der Waals surface area (Å²) in [5.74, 6) is 2.38. The van der Waals surface area contributed by atoms with Crippen molar-refractivity contribution in [2.45, 2.75) is 19.6 Å². The third-order valence-electron chi connectivity index (χ3n) is 3.67. The first kappa shape index (κ1) is 16.2. The molecule has 24 heavy (non-hydrogen) atoms. The molecular weight excluding hydrogens is 302 g/mol. The maximum atomic E-state index is 5.95. The van der Waals surface area contributed by atoms with E-state index in [0.29, 0.717) is 19.7 Å². The van der Waals surface area contributed by atoms with Crippen molar-refractivity contribution in [1.29, 1.82) is 0 Å². The van der Waals surface area contributed by atoms with Crippen molar-refractivity contribution >= 4 is 5.96 Å². The molecule has 5 heteroatoms. The van der Waals surface area contributed by atoms with Gasteiger partial charge < -0.3 is 20.1 Å². The van der Waals surface area contributed by atoms with Crippen LogP contribution in [0.5, 0.6) is 11.5 Å². The number of ether oxygens (including phenoxy) is 2. The highest BCUT2D eigenvalue weighted by atomic mass is 16.6. The fraction of sp³-hybridized carbons (Fsp3) is 0.316. The summed E-state index contributed by atoms with van der Waals surface area (Å²) in [7, 11) is 0. The highest BCUT2D eigenvalue weighted by Crippen LogP contribution is 2.30. The van der Waals surface area contributed by atoms with E-state index in [2.05, 4.69) is 34.7 Å². The molecule has 2 aromatic rings. The predicted molar refractivity (Wildman–Crippen MR) is 95.6 cm³/mol. The van der Waals surface area contributed by atoms with Crippen molar-refractivity contribution in [3.63, 3.8) is 0 Å². The van der Waals surface area contributed by atoms with E-state index >= 15 is 0 Å². The first-order valence-electron chi connectivity index (χ1n) is 8.29. The zero-order valence-corrected chi connectivity index (χ0v) is 13.9. The van der Waals surface area contributed by atoms with Gasteiger partial charge in [-0.05, 0) is 24.6 Å². The molecule has 0 aliphatic carbocycles. The van der Waals surface area contributed by atoms with Gasteiger partial charge in [0.1, 0.15) is 12.7 Å². The quantitative estimate of drug-likeness (QED) is 0.655. The number of benzene rings is 2. The van der Waals surface area contributed by atoms with Gasteiger partial charge in [0.05, 0.1) is 13.1 Å². The molecule has 126 valence electrons. The topological polar surface area (TPSA) is 54.9 Å². The third-order valence-corrected chi connectivity index (χ3v) is 3.67. The molecule has 0 radical (unpaired) electrons. The standard InChI is InChI=1S/C19H23N3O2/c1-2-20-19(21-12-15-8-4-3-5-9-15)22-13-16-14-23-17-10-6-7-11-18(17)24-16/h3-11,16H,2,12-14H2,1H3,(H2,20,21,22). The summed E-state index contributed by atoms with van der Waals surface area (Å²) < 4.78 is 11.7. The van der Waals surface area contributed by atoms with Gasteiger partial charge >= 0.3 is 0 Å². The largest absolute Gasteiger partial charge is 0.486 e. The van der Waals surface area contributed by atoms with Gasteiger partial charge in [-0.15, -0.1) is 0 Å². The molecule has 1 aliphatic heterocycles. The zero-order chi connectivity index (χ0) is 16.6. The second-order valence-corrected chi connectivity index (χ2v) is 5.56. The van der Waals surface area contributed by atoms with Crippen molar-refractivity contribution in [2.24, 2.45) is 4.99 Å². The minimum absolute atomic E-state index is 0.0412. The Balaban J connectivity index is 1.55. The average Bonchev–Trinajstić information content (AvgIpc) is 2.64. The number of guanidine groups is 1. The average molecular weight is 325 g/mol. The Morgan fingerprint density at radius 3 is 2.58 bits per heavy atom. The Morgan fingerprint density at radius 2 is 1.79 bits per heavy atom. The van der Waals surface area contributed by atoms with Crippen LogP contribution in [0.4, 0.5) is 0 Å². The van der Waals surface area contributed by atoms with Gasteiger partial charge in [-0.3, -0.25) is 0 Å². The van der Waals surface area contributed by atoms with E-state index in [-0.39, 0.29) is 6.10 Å². The number of fused-ring (bicyclic) bond motifs is 1. The van der Waals surface area contributed by atoms with Crippen LogP contribution < -0.4 is 20.1 Å². The third kappa shape index (κ3) is 4.41. The first-order valence-corrected chi connectivity index (χ1v) is 8.29. The van der Waals surface area contributed by atoms with Gasteiger partial charge in [-0.1, -0.05) is 42.5 Å². The van der Waals surface area contributed by atoms with Gasteiger partial charge in [0.15, 0.2) is 17.5 Å². The maximum absolute atomic E-state index is 5.95. The van der Waals surface area contributed by atoms with Crippen molar-refractivity contribution in [3.8, 4) is 11.5 Å². The smallest absolute Gasteiger partial charge is 0.191 e. The van der Waals surface area contributed by atoms with Gasteiger partial charge in [0.2, 0.25) is 0 Å². The molecule has 5 nitrogen and oxygen atoms in total. The molecule has 0 saturated heterocycles. The van der Waals surface area contributed by atoms with Crippen molar-refractivity contribution < 1.29 is 9.47 Å². The summed E-state index contributed by atoms with van der Waals surface area (Å²) in [5.41, 5.74) is 1.18. The Labute approximate surface area is 142 Å². The lowest BCUT2D eigenvalue weighted by Gasteiger charge is -2.27. The second-order valence-electron chi connectivity index (χ2n) is 5.56. The maximum Gasteiger partial charge on any atom is 0.191 e.